The summed E-state index contributed by atoms with van der Waals surface area (Å²) >= 11 is 1.53. The molecule has 2 aromatic heterocycles. The van der Waals surface area contributed by atoms with E-state index in [0.29, 0.717) is 17.9 Å². The van der Waals surface area contributed by atoms with E-state index >= 15 is 0 Å². The predicted molar refractivity (Wildman–Crippen MR) is 111 cm³/mol. The smallest absolute Gasteiger partial charge is 0.251 e. The van der Waals surface area contributed by atoms with Crippen LogP contribution in [-0.2, 0) is 4.79 Å². The number of carbonyl (C=O) groups is 2. The first kappa shape index (κ1) is 18.7. The molecule has 0 aliphatic heterocycles. The molecule has 6 nitrogen and oxygen atoms in total. The number of thiazole rings is 1. The second kappa shape index (κ2) is 7.75. The van der Waals surface area contributed by atoms with Crippen LogP contribution in [-0.4, -0.2) is 33.4 Å². The van der Waals surface area contributed by atoms with Crippen LogP contribution in [0.2, 0.25) is 0 Å². The summed E-state index contributed by atoms with van der Waals surface area (Å²) in [5.41, 5.74) is 1.40. The highest BCUT2D eigenvalue weighted by atomic mass is 32.1. The van der Waals surface area contributed by atoms with Gasteiger partial charge in [-0.25, -0.2) is 4.98 Å². The van der Waals surface area contributed by atoms with Gasteiger partial charge in [0.1, 0.15) is 6.04 Å². The van der Waals surface area contributed by atoms with E-state index in [1.807, 2.05) is 41.2 Å². The van der Waals surface area contributed by atoms with Crippen LogP contribution < -0.4 is 10.6 Å². The molecule has 0 radical (unpaired) electrons. The number of hydrogen-bond acceptors (Lipinski definition) is 4. The van der Waals surface area contributed by atoms with Crippen molar-refractivity contribution in [1.29, 1.82) is 0 Å². The molecule has 146 valence electrons. The average molecular weight is 397 g/mol. The van der Waals surface area contributed by atoms with E-state index in [1.54, 1.807) is 6.07 Å². The highest BCUT2D eigenvalue weighted by Crippen LogP contribution is 2.26. The predicted octanol–water partition coefficient (Wildman–Crippen LogP) is 3.51. The second-order valence-corrected chi connectivity index (χ2v) is 8.72. The summed E-state index contributed by atoms with van der Waals surface area (Å²) in [5, 5.41) is 6.79. The third kappa shape index (κ3) is 4.25. The Hall–Kier alpha value is -2.67. The number of amides is 2. The summed E-state index contributed by atoms with van der Waals surface area (Å²) in [4.78, 5) is 29.9. The monoisotopic (exact) mass is 396 g/mol. The summed E-state index contributed by atoms with van der Waals surface area (Å²) < 4.78 is 2.89. The van der Waals surface area contributed by atoms with Crippen LogP contribution in [0.5, 0.6) is 0 Å². The molecule has 2 amide bonds. The molecule has 1 fully saturated rings. The largest absolute Gasteiger partial charge is 0.352 e. The maximum absolute atomic E-state index is 12.8. The minimum absolute atomic E-state index is 0.0849. The summed E-state index contributed by atoms with van der Waals surface area (Å²) in [7, 11) is 0. The highest BCUT2D eigenvalue weighted by molar-refractivity contribution is 7.20. The Morgan fingerprint density at radius 2 is 2.00 bits per heavy atom. The summed E-state index contributed by atoms with van der Waals surface area (Å²) in [6, 6.07) is 9.14. The van der Waals surface area contributed by atoms with Crippen molar-refractivity contribution < 1.29 is 9.59 Å². The maximum Gasteiger partial charge on any atom is 0.251 e. The van der Waals surface area contributed by atoms with Crippen molar-refractivity contribution in [3.8, 4) is 5.13 Å². The van der Waals surface area contributed by atoms with E-state index in [0.717, 1.165) is 28.2 Å². The van der Waals surface area contributed by atoms with Gasteiger partial charge in [-0.3, -0.25) is 9.59 Å². The van der Waals surface area contributed by atoms with Crippen LogP contribution in [0.1, 0.15) is 43.5 Å². The van der Waals surface area contributed by atoms with Crippen molar-refractivity contribution in [3.05, 3.63) is 48.3 Å². The first-order chi connectivity index (χ1) is 13.5. The van der Waals surface area contributed by atoms with E-state index in [2.05, 4.69) is 29.5 Å². The number of hydrogen-bond donors (Lipinski definition) is 2. The van der Waals surface area contributed by atoms with Crippen LogP contribution in [0.25, 0.3) is 15.3 Å². The molecule has 1 aliphatic carbocycles. The standard InChI is InChI=1S/C21H24N4O2S/c1-13(2)11-17(20(27)22-15-6-7-15)23-19(26)14-5-8-16-18(12-14)28-21(24-16)25-9-3-4-10-25/h3-5,8-10,12-13,15,17H,6-7,11H2,1-2H3,(H,22,27)(H,23,26)/t17-/m0/s1. The first-order valence-electron chi connectivity index (χ1n) is 9.65. The van der Waals surface area contributed by atoms with Gasteiger partial charge in [-0.2, -0.15) is 0 Å². The van der Waals surface area contributed by atoms with Gasteiger partial charge in [0.2, 0.25) is 5.91 Å². The number of nitrogens with one attached hydrogen (secondary N) is 2. The Bertz CT molecular complexity index is 989. The third-order valence-electron chi connectivity index (χ3n) is 4.72. The van der Waals surface area contributed by atoms with Gasteiger partial charge >= 0.3 is 0 Å². The number of rotatable bonds is 7. The lowest BCUT2D eigenvalue weighted by Gasteiger charge is -2.20. The molecule has 0 saturated heterocycles. The average Bonchev–Trinajstić information content (AvgIpc) is 3.15. The van der Waals surface area contributed by atoms with Gasteiger partial charge in [-0.1, -0.05) is 25.2 Å². The Balaban J connectivity index is 1.52. The fraction of sp³-hybridized carbons (Fsp3) is 0.381. The minimum Gasteiger partial charge on any atom is -0.352 e. The number of benzene rings is 1. The fourth-order valence-electron chi connectivity index (χ4n) is 3.10. The van der Waals surface area contributed by atoms with E-state index in [9.17, 15) is 9.59 Å². The molecule has 28 heavy (non-hydrogen) atoms. The van der Waals surface area contributed by atoms with Crippen molar-refractivity contribution in [2.24, 2.45) is 5.92 Å². The molecule has 1 saturated carbocycles. The number of aromatic nitrogens is 2. The van der Waals surface area contributed by atoms with Gasteiger partial charge in [0, 0.05) is 24.0 Å². The Morgan fingerprint density at radius 1 is 1.25 bits per heavy atom. The molecule has 1 aliphatic rings. The highest BCUT2D eigenvalue weighted by Gasteiger charge is 2.29. The van der Waals surface area contributed by atoms with E-state index in [-0.39, 0.29) is 17.9 Å². The zero-order valence-electron chi connectivity index (χ0n) is 16.0. The van der Waals surface area contributed by atoms with Crippen molar-refractivity contribution >= 4 is 33.4 Å². The Morgan fingerprint density at radius 3 is 2.68 bits per heavy atom. The summed E-state index contributed by atoms with van der Waals surface area (Å²) in [5.74, 6) is -0.00363. The molecular formula is C21H24N4O2S. The van der Waals surface area contributed by atoms with Crippen molar-refractivity contribution in [2.75, 3.05) is 0 Å². The SMILES string of the molecule is CC(C)C[C@H](NC(=O)c1ccc2nc(-n3cccc3)sc2c1)C(=O)NC1CC1. The second-order valence-electron chi connectivity index (χ2n) is 7.71. The lowest BCUT2D eigenvalue weighted by Crippen LogP contribution is -2.48. The minimum atomic E-state index is -0.513. The van der Waals surface area contributed by atoms with Crippen LogP contribution >= 0.6 is 11.3 Å². The van der Waals surface area contributed by atoms with Crippen LogP contribution in [0.3, 0.4) is 0 Å². The number of carbonyl (C=O) groups excluding carboxylic acids is 2. The van der Waals surface area contributed by atoms with Crippen molar-refractivity contribution in [1.82, 2.24) is 20.2 Å². The van der Waals surface area contributed by atoms with Crippen LogP contribution in [0.4, 0.5) is 0 Å². The van der Waals surface area contributed by atoms with Crippen LogP contribution in [0, 0.1) is 5.92 Å². The molecule has 0 bridgehead atoms. The van der Waals surface area contributed by atoms with Crippen molar-refractivity contribution in [3.63, 3.8) is 0 Å². The molecule has 4 rings (SSSR count). The lowest BCUT2D eigenvalue weighted by atomic mass is 10.0. The lowest BCUT2D eigenvalue weighted by molar-refractivity contribution is -0.123. The molecule has 1 atom stereocenters. The van der Waals surface area contributed by atoms with E-state index in [1.165, 1.54) is 11.3 Å². The zero-order chi connectivity index (χ0) is 19.7. The molecule has 2 N–H and O–H groups in total. The molecule has 0 unspecified atom stereocenters. The maximum atomic E-state index is 12.8. The molecule has 7 heteroatoms. The Labute approximate surface area is 168 Å². The number of fused-ring (bicyclic) bond motifs is 1. The van der Waals surface area contributed by atoms with Gasteiger partial charge in [-0.15, -0.1) is 0 Å². The van der Waals surface area contributed by atoms with Crippen LogP contribution in [0.15, 0.2) is 42.7 Å². The molecule has 2 heterocycles. The molecule has 1 aromatic carbocycles. The summed E-state index contributed by atoms with van der Waals surface area (Å²) in [6.07, 6.45) is 6.56. The molecular weight excluding hydrogens is 372 g/mol. The molecule has 0 spiro atoms. The van der Waals surface area contributed by atoms with Gasteiger partial charge < -0.3 is 15.2 Å². The molecule has 3 aromatic rings. The number of nitrogens with zero attached hydrogens (tertiary/aromatic N) is 2. The normalized spacial score (nSPS) is 15.0. The first-order valence-corrected chi connectivity index (χ1v) is 10.5. The zero-order valence-corrected chi connectivity index (χ0v) is 16.8. The Kier molecular flexibility index (Phi) is 5.17. The summed E-state index contributed by atoms with van der Waals surface area (Å²) in [6.45, 7) is 4.10. The quantitative estimate of drug-likeness (QED) is 0.642. The van der Waals surface area contributed by atoms with Gasteiger partial charge in [0.25, 0.3) is 5.91 Å². The van der Waals surface area contributed by atoms with Gasteiger partial charge in [0.05, 0.1) is 10.2 Å². The van der Waals surface area contributed by atoms with Gasteiger partial charge in [0.15, 0.2) is 5.13 Å². The van der Waals surface area contributed by atoms with E-state index in [4.69, 9.17) is 0 Å². The van der Waals surface area contributed by atoms with E-state index < -0.39 is 6.04 Å². The fourth-order valence-corrected chi connectivity index (χ4v) is 4.07. The topological polar surface area (TPSA) is 76.0 Å². The van der Waals surface area contributed by atoms with Gasteiger partial charge in [-0.05, 0) is 55.5 Å². The van der Waals surface area contributed by atoms with Crippen molar-refractivity contribution in [2.45, 2.75) is 45.2 Å². The third-order valence-corrected chi connectivity index (χ3v) is 5.75.